The third kappa shape index (κ3) is 2.97. The second-order valence-electron chi connectivity index (χ2n) is 5.33. The minimum absolute atomic E-state index is 0.111. The van der Waals surface area contributed by atoms with Gasteiger partial charge in [0, 0.05) is 13.1 Å². The van der Waals surface area contributed by atoms with E-state index in [1.165, 1.54) is 0 Å². The maximum absolute atomic E-state index is 11.7. The second-order valence-corrected chi connectivity index (χ2v) is 5.33. The largest absolute Gasteiger partial charge is 0.384 e. The number of amides is 1. The van der Waals surface area contributed by atoms with Gasteiger partial charge in [-0.25, -0.2) is 0 Å². The van der Waals surface area contributed by atoms with Crippen LogP contribution in [0.2, 0.25) is 0 Å². The Hall–Kier alpha value is -0.570. The van der Waals surface area contributed by atoms with Gasteiger partial charge in [0.1, 0.15) is 6.10 Å². The first-order valence-corrected chi connectivity index (χ1v) is 6.44. The Morgan fingerprint density at radius 1 is 1.44 bits per heavy atom. The van der Waals surface area contributed by atoms with Gasteiger partial charge in [0.05, 0.1) is 0 Å². The van der Waals surface area contributed by atoms with Gasteiger partial charge in [0.25, 0.3) is 5.91 Å². The molecule has 1 saturated heterocycles. The highest BCUT2D eigenvalue weighted by molar-refractivity contribution is 5.80. The van der Waals surface area contributed by atoms with Crippen LogP contribution in [0, 0.1) is 17.8 Å². The average molecular weight is 227 g/mol. The molecule has 0 aromatic carbocycles. The molecule has 0 aromatic heterocycles. The molecule has 1 aliphatic heterocycles. The van der Waals surface area contributed by atoms with Crippen LogP contribution in [-0.4, -0.2) is 35.1 Å². The highest BCUT2D eigenvalue weighted by atomic mass is 16.3. The number of carbonyl (C=O) groups excluding carboxylic acids is 1. The van der Waals surface area contributed by atoms with Crippen LogP contribution in [0.25, 0.3) is 0 Å². The van der Waals surface area contributed by atoms with Gasteiger partial charge in [-0.2, -0.15) is 0 Å². The first-order chi connectivity index (χ1) is 7.47. The van der Waals surface area contributed by atoms with Crippen LogP contribution in [0.1, 0.15) is 40.5 Å². The summed E-state index contributed by atoms with van der Waals surface area (Å²) in [5.41, 5.74) is 0. The van der Waals surface area contributed by atoms with E-state index in [0.717, 1.165) is 31.8 Å². The molecule has 94 valence electrons. The van der Waals surface area contributed by atoms with Crippen molar-refractivity contribution in [3.8, 4) is 0 Å². The summed E-state index contributed by atoms with van der Waals surface area (Å²) in [6.07, 6.45) is 1.34. The van der Waals surface area contributed by atoms with E-state index in [1.807, 2.05) is 4.90 Å². The zero-order valence-corrected chi connectivity index (χ0v) is 10.9. The molecule has 0 spiro atoms. The average Bonchev–Trinajstić information content (AvgIpc) is 2.26. The smallest absolute Gasteiger partial charge is 0.251 e. The Kier molecular flexibility index (Phi) is 4.78. The van der Waals surface area contributed by atoms with Gasteiger partial charge in [-0.05, 0) is 31.1 Å². The van der Waals surface area contributed by atoms with Gasteiger partial charge in [-0.3, -0.25) is 4.79 Å². The van der Waals surface area contributed by atoms with E-state index in [2.05, 4.69) is 20.8 Å². The number of hydrogen-bond acceptors (Lipinski definition) is 2. The number of nitrogens with zero attached hydrogens (tertiary/aromatic N) is 1. The second kappa shape index (κ2) is 5.67. The van der Waals surface area contributed by atoms with Crippen LogP contribution < -0.4 is 0 Å². The number of carbonyl (C=O) groups is 1. The van der Waals surface area contributed by atoms with Crippen molar-refractivity contribution in [1.29, 1.82) is 0 Å². The van der Waals surface area contributed by atoms with Crippen LogP contribution in [0.3, 0.4) is 0 Å². The third-order valence-corrected chi connectivity index (χ3v) is 3.84. The van der Waals surface area contributed by atoms with Gasteiger partial charge in [-0.15, -0.1) is 0 Å². The minimum Gasteiger partial charge on any atom is -0.384 e. The van der Waals surface area contributed by atoms with E-state index in [4.69, 9.17) is 0 Å². The van der Waals surface area contributed by atoms with Gasteiger partial charge in [-0.1, -0.05) is 27.2 Å². The summed E-state index contributed by atoms with van der Waals surface area (Å²) in [4.78, 5) is 13.5. The van der Waals surface area contributed by atoms with Gasteiger partial charge >= 0.3 is 0 Å². The lowest BCUT2D eigenvalue weighted by atomic mass is 9.77. The van der Waals surface area contributed by atoms with Crippen LogP contribution in [0.15, 0.2) is 0 Å². The predicted octanol–water partition coefficient (Wildman–Crippen LogP) is 1.90. The van der Waals surface area contributed by atoms with Crippen molar-refractivity contribution in [2.75, 3.05) is 13.1 Å². The number of aliphatic hydroxyl groups excluding tert-OH is 1. The Morgan fingerprint density at radius 2 is 2.06 bits per heavy atom. The van der Waals surface area contributed by atoms with Crippen LogP contribution >= 0.6 is 0 Å². The first kappa shape index (κ1) is 13.5. The summed E-state index contributed by atoms with van der Waals surface area (Å²) in [5.74, 6) is 1.90. The van der Waals surface area contributed by atoms with Crippen molar-refractivity contribution in [2.24, 2.45) is 17.8 Å². The summed E-state index contributed by atoms with van der Waals surface area (Å²) >= 11 is 0. The van der Waals surface area contributed by atoms with Gasteiger partial charge in [0.2, 0.25) is 0 Å². The molecule has 16 heavy (non-hydrogen) atoms. The van der Waals surface area contributed by atoms with Crippen molar-refractivity contribution in [3.05, 3.63) is 0 Å². The highest BCUT2D eigenvalue weighted by Gasteiger charge is 2.32. The summed E-state index contributed by atoms with van der Waals surface area (Å²) in [6.45, 7) is 9.90. The molecular weight excluding hydrogens is 202 g/mol. The molecule has 1 aliphatic rings. The normalized spacial score (nSPS) is 28.2. The van der Waals surface area contributed by atoms with Crippen LogP contribution in [-0.2, 0) is 4.79 Å². The molecule has 3 atom stereocenters. The number of aliphatic hydroxyl groups is 1. The SMILES string of the molecule is CC[C@@H]1CN(C(=O)[C@@H](C)O)CC[C@H]1C(C)C. The fraction of sp³-hybridized carbons (Fsp3) is 0.923. The summed E-state index contributed by atoms with van der Waals surface area (Å²) in [5, 5.41) is 9.32. The Balaban J connectivity index is 2.62. The molecule has 0 bridgehead atoms. The molecule has 0 aliphatic carbocycles. The molecule has 1 fully saturated rings. The molecule has 1 N–H and O–H groups in total. The predicted molar refractivity (Wildman–Crippen MR) is 65.0 cm³/mol. The maximum atomic E-state index is 11.7. The lowest BCUT2D eigenvalue weighted by molar-refractivity contribution is -0.142. The van der Waals surface area contributed by atoms with E-state index in [-0.39, 0.29) is 5.91 Å². The summed E-state index contributed by atoms with van der Waals surface area (Å²) < 4.78 is 0. The molecule has 0 unspecified atom stereocenters. The van der Waals surface area contributed by atoms with E-state index in [0.29, 0.717) is 11.8 Å². The van der Waals surface area contributed by atoms with Gasteiger partial charge in [0.15, 0.2) is 0 Å². The first-order valence-electron chi connectivity index (χ1n) is 6.44. The van der Waals surface area contributed by atoms with Crippen molar-refractivity contribution >= 4 is 5.91 Å². The number of likely N-dealkylation sites (tertiary alicyclic amines) is 1. The molecule has 3 heteroatoms. The van der Waals surface area contributed by atoms with Gasteiger partial charge < -0.3 is 10.0 Å². The molecular formula is C13H25NO2. The van der Waals surface area contributed by atoms with Crippen molar-refractivity contribution < 1.29 is 9.90 Å². The Labute approximate surface area is 98.8 Å². The fourth-order valence-electron chi connectivity index (χ4n) is 2.82. The van der Waals surface area contributed by atoms with E-state index in [9.17, 15) is 9.90 Å². The summed E-state index contributed by atoms with van der Waals surface area (Å²) in [7, 11) is 0. The minimum atomic E-state index is -0.854. The highest BCUT2D eigenvalue weighted by Crippen LogP contribution is 2.32. The number of hydrogen-bond donors (Lipinski definition) is 1. The topological polar surface area (TPSA) is 40.5 Å². The molecule has 1 amide bonds. The molecule has 0 radical (unpaired) electrons. The lowest BCUT2D eigenvalue weighted by Gasteiger charge is -2.40. The standard InChI is InChI=1S/C13H25NO2/c1-5-11-8-14(13(16)10(4)15)7-6-12(11)9(2)3/h9-12,15H,5-8H2,1-4H3/t10-,11-,12+/m1/s1. The third-order valence-electron chi connectivity index (χ3n) is 3.84. The molecule has 0 aromatic rings. The maximum Gasteiger partial charge on any atom is 0.251 e. The molecule has 1 heterocycles. The number of piperidine rings is 1. The van der Waals surface area contributed by atoms with E-state index < -0.39 is 6.10 Å². The van der Waals surface area contributed by atoms with Crippen molar-refractivity contribution in [2.45, 2.75) is 46.6 Å². The molecule has 1 rings (SSSR count). The Bertz CT molecular complexity index is 238. The van der Waals surface area contributed by atoms with Crippen LogP contribution in [0.5, 0.6) is 0 Å². The van der Waals surface area contributed by atoms with Crippen molar-refractivity contribution in [1.82, 2.24) is 4.90 Å². The Morgan fingerprint density at radius 3 is 2.50 bits per heavy atom. The zero-order chi connectivity index (χ0) is 12.3. The summed E-state index contributed by atoms with van der Waals surface area (Å²) in [6, 6.07) is 0. The molecule has 0 saturated carbocycles. The fourth-order valence-corrected chi connectivity index (χ4v) is 2.82. The monoisotopic (exact) mass is 227 g/mol. The van der Waals surface area contributed by atoms with Crippen LogP contribution in [0.4, 0.5) is 0 Å². The van der Waals surface area contributed by atoms with E-state index >= 15 is 0 Å². The number of rotatable bonds is 3. The molecule has 3 nitrogen and oxygen atoms in total. The lowest BCUT2D eigenvalue weighted by Crippen LogP contribution is -2.47. The quantitative estimate of drug-likeness (QED) is 0.800. The van der Waals surface area contributed by atoms with E-state index in [1.54, 1.807) is 6.92 Å². The zero-order valence-electron chi connectivity index (χ0n) is 10.9. The van der Waals surface area contributed by atoms with Crippen molar-refractivity contribution in [3.63, 3.8) is 0 Å².